The van der Waals surface area contributed by atoms with E-state index in [2.05, 4.69) is 10.3 Å². The molecule has 12 heteroatoms. The van der Waals surface area contributed by atoms with Crippen molar-refractivity contribution in [3.63, 3.8) is 0 Å². The molecule has 2 heterocycles. The Hall–Kier alpha value is -3.05. The van der Waals surface area contributed by atoms with Crippen molar-refractivity contribution in [1.29, 1.82) is 0 Å². The van der Waals surface area contributed by atoms with Gasteiger partial charge in [0.05, 0.1) is 5.39 Å². The number of esters is 1. The minimum absolute atomic E-state index is 0. The van der Waals surface area contributed by atoms with E-state index in [0.29, 0.717) is 11.9 Å². The van der Waals surface area contributed by atoms with Crippen molar-refractivity contribution in [1.82, 2.24) is 19.9 Å². The second kappa shape index (κ2) is 9.84. The molecule has 1 aromatic heterocycles. The predicted molar refractivity (Wildman–Crippen MR) is 114 cm³/mol. The lowest BCUT2D eigenvalue weighted by Crippen LogP contribution is -2.50. The highest BCUT2D eigenvalue weighted by Crippen LogP contribution is 2.23. The molecule has 0 spiro atoms. The Kier molecular flexibility index (Phi) is 7.69. The maximum atomic E-state index is 12.9. The number of benzene rings is 1. The number of likely N-dealkylation sites (tertiary alicyclic amines) is 1. The first-order chi connectivity index (χ1) is 14.3. The Morgan fingerprint density at radius 2 is 2.03 bits per heavy atom. The molecule has 1 aliphatic heterocycles. The van der Waals surface area contributed by atoms with Gasteiger partial charge in [0, 0.05) is 12.1 Å². The molecule has 1 fully saturated rings. The van der Waals surface area contributed by atoms with Gasteiger partial charge in [-0.05, 0) is 24.5 Å². The summed E-state index contributed by atoms with van der Waals surface area (Å²) in [6.07, 6.45) is 0.718. The fraction of sp³-hybridized carbons (Fsp3) is 0.474. The molecular weight excluding hydrogens is 428 g/mol. The van der Waals surface area contributed by atoms with Crippen LogP contribution in [-0.4, -0.2) is 50.5 Å². The maximum absolute atomic E-state index is 12.9. The quantitative estimate of drug-likeness (QED) is 0.357. The standard InChI is InChI=1S/C19H24N6O5.ClH/c1-3-10(2)16(21)19(29)30-9-24-14(26)8-7-13(17(24)27)25-18(28)15-11(20)5-4-6-12(15)22-23-25;/h4-6,10,13,16H,3,7-9,20-21H2,1-2H3;1H/t10-,13?,16-;/m0./s1. The summed E-state index contributed by atoms with van der Waals surface area (Å²) in [7, 11) is 0. The van der Waals surface area contributed by atoms with Crippen LogP contribution in [0.1, 0.15) is 39.2 Å². The summed E-state index contributed by atoms with van der Waals surface area (Å²) in [5.41, 5.74) is 11.6. The Morgan fingerprint density at radius 1 is 1.32 bits per heavy atom. The van der Waals surface area contributed by atoms with Crippen LogP contribution in [0.2, 0.25) is 0 Å². The van der Waals surface area contributed by atoms with E-state index in [0.717, 1.165) is 9.58 Å². The smallest absolute Gasteiger partial charge is 0.324 e. The summed E-state index contributed by atoms with van der Waals surface area (Å²) in [4.78, 5) is 50.9. The third kappa shape index (κ3) is 4.67. The number of hydrogen-bond donors (Lipinski definition) is 2. The lowest BCUT2D eigenvalue weighted by Gasteiger charge is -2.30. The molecule has 0 aliphatic carbocycles. The topological polar surface area (TPSA) is 164 Å². The molecule has 31 heavy (non-hydrogen) atoms. The van der Waals surface area contributed by atoms with E-state index in [1.807, 2.05) is 6.92 Å². The summed E-state index contributed by atoms with van der Waals surface area (Å²) in [5, 5.41) is 7.96. The van der Waals surface area contributed by atoms with Crippen LogP contribution in [0.5, 0.6) is 0 Å². The number of fused-ring (bicyclic) bond motifs is 1. The van der Waals surface area contributed by atoms with Gasteiger partial charge in [0.2, 0.25) is 5.91 Å². The van der Waals surface area contributed by atoms with Crippen molar-refractivity contribution < 1.29 is 19.1 Å². The van der Waals surface area contributed by atoms with Crippen LogP contribution in [0.25, 0.3) is 10.9 Å². The maximum Gasteiger partial charge on any atom is 0.324 e. The van der Waals surface area contributed by atoms with Crippen molar-refractivity contribution in [3.8, 4) is 0 Å². The fourth-order valence-electron chi connectivity index (χ4n) is 3.22. The zero-order valence-corrected chi connectivity index (χ0v) is 18.0. The number of rotatable bonds is 6. The number of piperidine rings is 1. The Balaban J connectivity index is 0.00000341. The molecule has 1 aromatic carbocycles. The number of amides is 2. The van der Waals surface area contributed by atoms with Gasteiger partial charge in [0.15, 0.2) is 6.73 Å². The third-order valence-electron chi connectivity index (χ3n) is 5.39. The molecule has 4 N–H and O–H groups in total. The van der Waals surface area contributed by atoms with Crippen LogP contribution >= 0.6 is 12.4 Å². The molecule has 1 aliphatic rings. The van der Waals surface area contributed by atoms with Gasteiger partial charge in [-0.2, -0.15) is 4.68 Å². The number of aromatic nitrogens is 3. The van der Waals surface area contributed by atoms with Gasteiger partial charge in [-0.25, -0.2) is 4.90 Å². The monoisotopic (exact) mass is 452 g/mol. The molecule has 3 atom stereocenters. The molecular formula is C19H25ClN6O5. The van der Waals surface area contributed by atoms with E-state index in [-0.39, 0.29) is 42.2 Å². The van der Waals surface area contributed by atoms with Crippen molar-refractivity contribution in [3.05, 3.63) is 28.6 Å². The molecule has 0 bridgehead atoms. The molecule has 3 rings (SSSR count). The summed E-state index contributed by atoms with van der Waals surface area (Å²) < 4.78 is 6.01. The van der Waals surface area contributed by atoms with Crippen molar-refractivity contribution in [2.75, 3.05) is 12.5 Å². The lowest BCUT2D eigenvalue weighted by molar-refractivity contribution is -0.164. The summed E-state index contributed by atoms with van der Waals surface area (Å²) in [6.45, 7) is 3.11. The van der Waals surface area contributed by atoms with E-state index in [4.69, 9.17) is 16.2 Å². The highest BCUT2D eigenvalue weighted by molar-refractivity contribution is 5.99. The zero-order chi connectivity index (χ0) is 22.0. The number of carbonyl (C=O) groups is 3. The van der Waals surface area contributed by atoms with E-state index < -0.39 is 42.2 Å². The highest BCUT2D eigenvalue weighted by Gasteiger charge is 2.38. The van der Waals surface area contributed by atoms with Crippen LogP contribution in [0, 0.1) is 5.92 Å². The highest BCUT2D eigenvalue weighted by atomic mass is 35.5. The molecule has 11 nitrogen and oxygen atoms in total. The van der Waals surface area contributed by atoms with Crippen molar-refractivity contribution >= 4 is 46.8 Å². The van der Waals surface area contributed by atoms with E-state index in [1.165, 1.54) is 0 Å². The number of carbonyl (C=O) groups excluding carboxylic acids is 3. The normalized spacial score (nSPS) is 18.4. The number of halogens is 1. The minimum Gasteiger partial charge on any atom is -0.443 e. The average molecular weight is 453 g/mol. The van der Waals surface area contributed by atoms with Gasteiger partial charge in [-0.3, -0.25) is 19.2 Å². The Bertz CT molecular complexity index is 1060. The molecule has 2 aromatic rings. The van der Waals surface area contributed by atoms with Gasteiger partial charge in [-0.15, -0.1) is 17.5 Å². The second-order valence-electron chi connectivity index (χ2n) is 7.30. The van der Waals surface area contributed by atoms with E-state index in [9.17, 15) is 19.2 Å². The van der Waals surface area contributed by atoms with Crippen molar-refractivity contribution in [2.45, 2.75) is 45.2 Å². The van der Waals surface area contributed by atoms with Crippen LogP contribution in [0.15, 0.2) is 23.0 Å². The minimum atomic E-state index is -1.06. The van der Waals surface area contributed by atoms with Crippen LogP contribution in [0.3, 0.4) is 0 Å². The molecule has 0 radical (unpaired) electrons. The molecule has 0 saturated carbocycles. The number of ether oxygens (including phenoxy) is 1. The second-order valence-corrected chi connectivity index (χ2v) is 7.30. The summed E-state index contributed by atoms with van der Waals surface area (Å²) in [5.74, 6) is -2.04. The van der Waals surface area contributed by atoms with Gasteiger partial charge in [-0.1, -0.05) is 31.5 Å². The van der Waals surface area contributed by atoms with E-state index in [1.54, 1.807) is 25.1 Å². The Morgan fingerprint density at radius 3 is 2.71 bits per heavy atom. The molecule has 1 unspecified atom stereocenters. The number of hydrogen-bond acceptors (Lipinski definition) is 9. The van der Waals surface area contributed by atoms with Gasteiger partial charge in [0.25, 0.3) is 11.5 Å². The zero-order valence-electron chi connectivity index (χ0n) is 17.2. The number of nitrogens with zero attached hydrogens (tertiary/aromatic N) is 4. The number of imide groups is 1. The SMILES string of the molecule is CC[C@H](C)[C@H](N)C(=O)OCN1C(=O)CCC(n2nnc3cccc(N)c3c2=O)C1=O.Cl. The van der Waals surface area contributed by atoms with Crippen LogP contribution in [0.4, 0.5) is 5.69 Å². The van der Waals surface area contributed by atoms with Gasteiger partial charge in [0.1, 0.15) is 17.6 Å². The van der Waals surface area contributed by atoms with Crippen LogP contribution in [-0.2, 0) is 19.1 Å². The summed E-state index contributed by atoms with van der Waals surface area (Å²) >= 11 is 0. The van der Waals surface area contributed by atoms with Gasteiger partial charge >= 0.3 is 5.97 Å². The lowest BCUT2D eigenvalue weighted by atomic mass is 10.0. The van der Waals surface area contributed by atoms with E-state index >= 15 is 0 Å². The average Bonchev–Trinajstić information content (AvgIpc) is 2.73. The molecule has 1 saturated heterocycles. The Labute approximate surface area is 184 Å². The molecule has 2 amide bonds. The van der Waals surface area contributed by atoms with Crippen molar-refractivity contribution in [2.24, 2.45) is 11.7 Å². The number of anilines is 1. The fourth-order valence-corrected chi connectivity index (χ4v) is 3.22. The third-order valence-corrected chi connectivity index (χ3v) is 5.39. The number of nitrogens with two attached hydrogens (primary N) is 2. The largest absolute Gasteiger partial charge is 0.443 e. The first-order valence-corrected chi connectivity index (χ1v) is 9.66. The number of nitrogen functional groups attached to an aromatic ring is 1. The summed E-state index contributed by atoms with van der Waals surface area (Å²) in [6, 6.07) is 2.85. The predicted octanol–water partition coefficient (Wildman–Crippen LogP) is 0.360. The van der Waals surface area contributed by atoms with Gasteiger partial charge < -0.3 is 16.2 Å². The molecule has 168 valence electrons. The van der Waals surface area contributed by atoms with Crippen LogP contribution < -0.4 is 17.0 Å². The first-order valence-electron chi connectivity index (χ1n) is 9.66. The first kappa shape index (κ1) is 24.2.